The number of hydrogen-bond donors (Lipinski definition) is 0. The standard InChI is InChI=1S/C18H24FN3O2/c1-14(23)22(15-6-7-15)9-8-18(24)21-12-10-20(11-13-21)17-5-3-2-4-16(17)19/h2-5,15H,6-13H2,1H3. The van der Waals surface area contributed by atoms with E-state index in [0.29, 0.717) is 50.9 Å². The Labute approximate surface area is 142 Å². The Bertz CT molecular complexity index is 610. The highest BCUT2D eigenvalue weighted by molar-refractivity contribution is 5.78. The van der Waals surface area contributed by atoms with Crippen LogP contribution in [0.25, 0.3) is 0 Å². The van der Waals surface area contributed by atoms with E-state index in [9.17, 15) is 14.0 Å². The number of rotatable bonds is 5. The fourth-order valence-electron chi connectivity index (χ4n) is 3.26. The minimum atomic E-state index is -0.223. The van der Waals surface area contributed by atoms with Gasteiger partial charge in [-0.25, -0.2) is 4.39 Å². The van der Waals surface area contributed by atoms with E-state index in [1.807, 2.05) is 20.8 Å². The molecule has 0 bridgehead atoms. The van der Waals surface area contributed by atoms with Gasteiger partial charge in [-0.1, -0.05) is 12.1 Å². The fourth-order valence-corrected chi connectivity index (χ4v) is 3.26. The highest BCUT2D eigenvalue weighted by atomic mass is 19.1. The highest BCUT2D eigenvalue weighted by Gasteiger charge is 2.31. The molecule has 3 rings (SSSR count). The number of hydrogen-bond acceptors (Lipinski definition) is 3. The summed E-state index contributed by atoms with van der Waals surface area (Å²) in [6.45, 7) is 4.52. The van der Waals surface area contributed by atoms with Gasteiger partial charge in [0.15, 0.2) is 0 Å². The van der Waals surface area contributed by atoms with Crippen LogP contribution in [0.1, 0.15) is 26.2 Å². The van der Waals surface area contributed by atoms with E-state index < -0.39 is 0 Å². The van der Waals surface area contributed by atoms with Crippen LogP contribution < -0.4 is 4.90 Å². The summed E-state index contributed by atoms with van der Waals surface area (Å²) in [5, 5.41) is 0. The van der Waals surface area contributed by atoms with Crippen molar-refractivity contribution in [2.75, 3.05) is 37.6 Å². The molecule has 0 radical (unpaired) electrons. The van der Waals surface area contributed by atoms with Crippen molar-refractivity contribution in [3.05, 3.63) is 30.1 Å². The van der Waals surface area contributed by atoms with E-state index in [1.54, 1.807) is 19.1 Å². The summed E-state index contributed by atoms with van der Waals surface area (Å²) in [5.41, 5.74) is 0.598. The van der Waals surface area contributed by atoms with Crippen LogP contribution in [0.4, 0.5) is 10.1 Å². The molecule has 0 spiro atoms. The number of amides is 2. The second-order valence-corrected chi connectivity index (χ2v) is 6.51. The molecule has 1 saturated carbocycles. The number of carbonyl (C=O) groups excluding carboxylic acids is 2. The van der Waals surface area contributed by atoms with E-state index in [4.69, 9.17) is 0 Å². The van der Waals surface area contributed by atoms with Gasteiger partial charge in [0, 0.05) is 52.1 Å². The van der Waals surface area contributed by atoms with Gasteiger partial charge in [0.1, 0.15) is 5.82 Å². The van der Waals surface area contributed by atoms with Crippen molar-refractivity contribution in [3.8, 4) is 0 Å². The van der Waals surface area contributed by atoms with Crippen LogP contribution in [0.15, 0.2) is 24.3 Å². The molecule has 1 aromatic carbocycles. The lowest BCUT2D eigenvalue weighted by Crippen LogP contribution is -2.49. The molecule has 0 atom stereocenters. The molecule has 1 aliphatic heterocycles. The molecule has 0 unspecified atom stereocenters. The largest absolute Gasteiger partial charge is 0.366 e. The number of nitrogens with zero attached hydrogens (tertiary/aromatic N) is 3. The molecule has 2 amide bonds. The average Bonchev–Trinajstić information content (AvgIpc) is 3.40. The van der Waals surface area contributed by atoms with Gasteiger partial charge in [-0.2, -0.15) is 0 Å². The topological polar surface area (TPSA) is 43.9 Å². The smallest absolute Gasteiger partial charge is 0.224 e. The summed E-state index contributed by atoms with van der Waals surface area (Å²) in [6.07, 6.45) is 2.47. The van der Waals surface area contributed by atoms with Crippen molar-refractivity contribution in [3.63, 3.8) is 0 Å². The highest BCUT2D eigenvalue weighted by Crippen LogP contribution is 2.27. The molecular weight excluding hydrogens is 309 g/mol. The first-order valence-corrected chi connectivity index (χ1v) is 8.60. The molecule has 1 saturated heterocycles. The number of halogens is 1. The monoisotopic (exact) mass is 333 g/mol. The Morgan fingerprint density at radius 1 is 1.17 bits per heavy atom. The first kappa shape index (κ1) is 16.7. The van der Waals surface area contributed by atoms with Gasteiger partial charge in [0.25, 0.3) is 0 Å². The minimum Gasteiger partial charge on any atom is -0.366 e. The van der Waals surface area contributed by atoms with Crippen LogP contribution >= 0.6 is 0 Å². The van der Waals surface area contributed by atoms with Crippen molar-refractivity contribution in [1.29, 1.82) is 0 Å². The van der Waals surface area contributed by atoms with Crippen molar-refractivity contribution < 1.29 is 14.0 Å². The lowest BCUT2D eigenvalue weighted by atomic mass is 10.2. The van der Waals surface area contributed by atoms with Crippen LogP contribution in [0.3, 0.4) is 0 Å². The zero-order chi connectivity index (χ0) is 17.1. The van der Waals surface area contributed by atoms with E-state index in [-0.39, 0.29) is 17.6 Å². The summed E-state index contributed by atoms with van der Waals surface area (Å²) in [6, 6.07) is 7.07. The number of benzene rings is 1. The first-order valence-electron chi connectivity index (χ1n) is 8.60. The van der Waals surface area contributed by atoms with E-state index in [0.717, 1.165) is 12.8 Å². The van der Waals surface area contributed by atoms with E-state index in [2.05, 4.69) is 0 Å². The number of piperazine rings is 1. The van der Waals surface area contributed by atoms with E-state index in [1.165, 1.54) is 6.07 Å². The first-order chi connectivity index (χ1) is 11.6. The van der Waals surface area contributed by atoms with Crippen molar-refractivity contribution in [1.82, 2.24) is 9.80 Å². The fraction of sp³-hybridized carbons (Fsp3) is 0.556. The third-order valence-corrected chi connectivity index (χ3v) is 4.78. The Kier molecular flexibility index (Phi) is 5.02. The van der Waals surface area contributed by atoms with Crippen LogP contribution in [0.2, 0.25) is 0 Å². The van der Waals surface area contributed by atoms with Gasteiger partial charge < -0.3 is 14.7 Å². The maximum Gasteiger partial charge on any atom is 0.224 e. The van der Waals surface area contributed by atoms with Gasteiger partial charge in [-0.15, -0.1) is 0 Å². The lowest BCUT2D eigenvalue weighted by Gasteiger charge is -2.36. The molecule has 1 aliphatic carbocycles. The summed E-state index contributed by atoms with van der Waals surface area (Å²) in [5.74, 6) is -0.0939. The lowest BCUT2D eigenvalue weighted by molar-refractivity contribution is -0.133. The van der Waals surface area contributed by atoms with Crippen molar-refractivity contribution >= 4 is 17.5 Å². The van der Waals surface area contributed by atoms with Gasteiger partial charge in [-0.3, -0.25) is 9.59 Å². The van der Waals surface area contributed by atoms with Crippen LogP contribution in [-0.4, -0.2) is 60.4 Å². The Hall–Kier alpha value is -2.11. The summed E-state index contributed by atoms with van der Waals surface area (Å²) in [7, 11) is 0. The van der Waals surface area contributed by atoms with E-state index >= 15 is 0 Å². The maximum absolute atomic E-state index is 13.8. The van der Waals surface area contributed by atoms with Gasteiger partial charge >= 0.3 is 0 Å². The maximum atomic E-state index is 13.8. The minimum absolute atomic E-state index is 0.0506. The molecule has 2 aliphatic rings. The third-order valence-electron chi connectivity index (χ3n) is 4.78. The zero-order valence-corrected chi connectivity index (χ0v) is 14.1. The molecule has 24 heavy (non-hydrogen) atoms. The molecule has 1 heterocycles. The van der Waals surface area contributed by atoms with Gasteiger partial charge in [0.2, 0.25) is 11.8 Å². The zero-order valence-electron chi connectivity index (χ0n) is 14.1. The van der Waals surface area contributed by atoms with Crippen LogP contribution in [-0.2, 0) is 9.59 Å². The van der Waals surface area contributed by atoms with Crippen molar-refractivity contribution in [2.45, 2.75) is 32.2 Å². The number of para-hydroxylation sites is 1. The Balaban J connectivity index is 1.48. The SMILES string of the molecule is CC(=O)N(CCC(=O)N1CCN(c2ccccc2F)CC1)C1CC1. The summed E-state index contributed by atoms with van der Waals surface area (Å²) >= 11 is 0. The molecule has 6 heteroatoms. The molecule has 0 N–H and O–H groups in total. The predicted octanol–water partition coefficient (Wildman–Crippen LogP) is 1.88. The number of carbonyl (C=O) groups is 2. The summed E-state index contributed by atoms with van der Waals surface area (Å²) in [4.78, 5) is 29.6. The second-order valence-electron chi connectivity index (χ2n) is 6.51. The molecule has 5 nitrogen and oxygen atoms in total. The van der Waals surface area contributed by atoms with Crippen LogP contribution in [0, 0.1) is 5.82 Å². The number of anilines is 1. The quantitative estimate of drug-likeness (QED) is 0.826. The second kappa shape index (κ2) is 7.20. The molecule has 130 valence electrons. The van der Waals surface area contributed by atoms with Gasteiger partial charge in [0.05, 0.1) is 5.69 Å². The predicted molar refractivity (Wildman–Crippen MR) is 90.2 cm³/mol. The summed E-state index contributed by atoms with van der Waals surface area (Å²) < 4.78 is 13.8. The normalized spacial score (nSPS) is 17.8. The molecule has 1 aromatic rings. The Morgan fingerprint density at radius 2 is 1.83 bits per heavy atom. The third kappa shape index (κ3) is 3.86. The van der Waals surface area contributed by atoms with Crippen molar-refractivity contribution in [2.24, 2.45) is 0 Å². The van der Waals surface area contributed by atoms with Crippen LogP contribution in [0.5, 0.6) is 0 Å². The average molecular weight is 333 g/mol. The molecular formula is C18H24FN3O2. The molecule has 0 aromatic heterocycles. The van der Waals surface area contributed by atoms with Gasteiger partial charge in [-0.05, 0) is 25.0 Å². The molecule has 2 fully saturated rings. The Morgan fingerprint density at radius 3 is 2.42 bits per heavy atom.